The normalized spacial score (nSPS) is 26.3. The molecule has 0 saturated carbocycles. The molecule has 0 amide bonds. The molecule has 1 heterocycles. The van der Waals surface area contributed by atoms with Crippen LogP contribution in [0, 0.1) is 0 Å². The molecule has 2 nitrogen and oxygen atoms in total. The van der Waals surface area contributed by atoms with E-state index >= 15 is 0 Å². The van der Waals surface area contributed by atoms with E-state index in [1.807, 2.05) is 7.05 Å². The number of rotatable bonds is 1. The third-order valence-electron chi connectivity index (χ3n) is 2.68. The fourth-order valence-corrected chi connectivity index (χ4v) is 2.01. The van der Waals surface area contributed by atoms with Gasteiger partial charge in [-0.15, -0.1) is 0 Å². The zero-order valence-electron chi connectivity index (χ0n) is 8.17. The van der Waals surface area contributed by atoms with Crippen LogP contribution in [0.25, 0.3) is 0 Å². The molecule has 1 aromatic carbocycles. The summed E-state index contributed by atoms with van der Waals surface area (Å²) in [5, 5.41) is 6.83. The lowest BCUT2D eigenvalue weighted by Crippen LogP contribution is -2.31. The van der Waals surface area contributed by atoms with Gasteiger partial charge in [0.15, 0.2) is 0 Å². The van der Waals surface area contributed by atoms with Crippen LogP contribution >= 0.6 is 0 Å². The standard InChI is InChI=1S/C11H16N2/c1-8-7-11(12-2)9-5-3-4-6-10(9)13-8/h3-6,8,11-13H,7H2,1-2H3. The summed E-state index contributed by atoms with van der Waals surface area (Å²) in [6.07, 6.45) is 1.16. The van der Waals surface area contributed by atoms with Gasteiger partial charge in [0.2, 0.25) is 0 Å². The van der Waals surface area contributed by atoms with Crippen molar-refractivity contribution in [3.05, 3.63) is 29.8 Å². The third-order valence-corrected chi connectivity index (χ3v) is 2.68. The Bertz CT molecular complexity index is 296. The summed E-state index contributed by atoms with van der Waals surface area (Å²) in [5.74, 6) is 0. The van der Waals surface area contributed by atoms with Crippen molar-refractivity contribution < 1.29 is 0 Å². The van der Waals surface area contributed by atoms with E-state index in [4.69, 9.17) is 0 Å². The summed E-state index contributed by atoms with van der Waals surface area (Å²) >= 11 is 0. The molecule has 0 spiro atoms. The van der Waals surface area contributed by atoms with Crippen LogP contribution in [0.15, 0.2) is 24.3 Å². The Morgan fingerprint density at radius 2 is 2.15 bits per heavy atom. The zero-order valence-corrected chi connectivity index (χ0v) is 8.17. The molecule has 2 unspecified atom stereocenters. The predicted molar refractivity (Wildman–Crippen MR) is 55.9 cm³/mol. The fourth-order valence-electron chi connectivity index (χ4n) is 2.01. The van der Waals surface area contributed by atoms with Crippen molar-refractivity contribution in [3.63, 3.8) is 0 Å². The molecule has 70 valence electrons. The van der Waals surface area contributed by atoms with Crippen LogP contribution in [0.1, 0.15) is 24.9 Å². The number of hydrogen-bond acceptors (Lipinski definition) is 2. The van der Waals surface area contributed by atoms with Crippen molar-refractivity contribution in [1.29, 1.82) is 0 Å². The minimum atomic E-state index is 0.507. The highest BCUT2D eigenvalue weighted by Crippen LogP contribution is 2.31. The van der Waals surface area contributed by atoms with Gasteiger partial charge in [0.05, 0.1) is 0 Å². The van der Waals surface area contributed by atoms with E-state index in [0.717, 1.165) is 6.42 Å². The van der Waals surface area contributed by atoms with Crippen molar-refractivity contribution in [2.75, 3.05) is 12.4 Å². The summed E-state index contributed by atoms with van der Waals surface area (Å²) in [5.41, 5.74) is 2.67. The average Bonchev–Trinajstić information content (AvgIpc) is 2.16. The Kier molecular flexibility index (Phi) is 2.23. The van der Waals surface area contributed by atoms with Crippen LogP contribution in [-0.2, 0) is 0 Å². The number of nitrogens with one attached hydrogen (secondary N) is 2. The molecule has 2 heteroatoms. The summed E-state index contributed by atoms with van der Waals surface area (Å²) in [6.45, 7) is 2.22. The van der Waals surface area contributed by atoms with Crippen molar-refractivity contribution in [3.8, 4) is 0 Å². The van der Waals surface area contributed by atoms with Gasteiger partial charge in [-0.3, -0.25) is 0 Å². The maximum absolute atomic E-state index is 3.48. The lowest BCUT2D eigenvalue weighted by atomic mass is 9.94. The van der Waals surface area contributed by atoms with Gasteiger partial charge in [-0.1, -0.05) is 18.2 Å². The Labute approximate surface area is 79.4 Å². The van der Waals surface area contributed by atoms with Crippen molar-refractivity contribution in [1.82, 2.24) is 5.32 Å². The second-order valence-electron chi connectivity index (χ2n) is 3.71. The molecule has 2 N–H and O–H groups in total. The molecule has 2 rings (SSSR count). The van der Waals surface area contributed by atoms with Gasteiger partial charge in [-0.25, -0.2) is 0 Å². The van der Waals surface area contributed by atoms with Gasteiger partial charge in [-0.05, 0) is 32.0 Å². The van der Waals surface area contributed by atoms with Crippen LogP contribution in [0.4, 0.5) is 5.69 Å². The number of benzene rings is 1. The lowest BCUT2D eigenvalue weighted by Gasteiger charge is -2.31. The van der Waals surface area contributed by atoms with Gasteiger partial charge in [0, 0.05) is 17.8 Å². The van der Waals surface area contributed by atoms with Crippen molar-refractivity contribution in [2.24, 2.45) is 0 Å². The third kappa shape index (κ3) is 1.54. The summed E-state index contributed by atoms with van der Waals surface area (Å²) in [7, 11) is 2.03. The van der Waals surface area contributed by atoms with Crippen LogP contribution in [0.3, 0.4) is 0 Å². The van der Waals surface area contributed by atoms with Crippen molar-refractivity contribution in [2.45, 2.75) is 25.4 Å². The minimum absolute atomic E-state index is 0.507. The maximum Gasteiger partial charge on any atom is 0.0390 e. The Hall–Kier alpha value is -1.02. The second-order valence-corrected chi connectivity index (χ2v) is 3.71. The Morgan fingerprint density at radius 3 is 2.92 bits per heavy atom. The second kappa shape index (κ2) is 3.38. The van der Waals surface area contributed by atoms with Gasteiger partial charge in [-0.2, -0.15) is 0 Å². The molecule has 0 radical (unpaired) electrons. The number of hydrogen-bond donors (Lipinski definition) is 2. The first kappa shape index (κ1) is 8.57. The van der Waals surface area contributed by atoms with E-state index in [1.165, 1.54) is 11.3 Å². The highest BCUT2D eigenvalue weighted by Gasteiger charge is 2.21. The fraction of sp³-hybridized carbons (Fsp3) is 0.455. The van der Waals surface area contributed by atoms with Crippen LogP contribution in [0.2, 0.25) is 0 Å². The minimum Gasteiger partial charge on any atom is -0.382 e. The van der Waals surface area contributed by atoms with E-state index in [-0.39, 0.29) is 0 Å². The monoisotopic (exact) mass is 176 g/mol. The summed E-state index contributed by atoms with van der Waals surface area (Å²) < 4.78 is 0. The van der Waals surface area contributed by atoms with Gasteiger partial charge < -0.3 is 10.6 Å². The van der Waals surface area contributed by atoms with Gasteiger partial charge >= 0.3 is 0 Å². The molecule has 0 saturated heterocycles. The molecular formula is C11H16N2. The number of anilines is 1. The molecule has 1 aliphatic rings. The van der Waals surface area contributed by atoms with Gasteiger partial charge in [0.25, 0.3) is 0 Å². The predicted octanol–water partition coefficient (Wildman–Crippen LogP) is 2.15. The molecule has 2 atom stereocenters. The van der Waals surface area contributed by atoms with Crippen LogP contribution < -0.4 is 10.6 Å². The molecule has 1 aromatic rings. The Balaban J connectivity index is 2.37. The van der Waals surface area contributed by atoms with E-state index in [1.54, 1.807) is 0 Å². The molecule has 1 aliphatic heterocycles. The molecule has 0 fully saturated rings. The highest BCUT2D eigenvalue weighted by molar-refractivity contribution is 5.55. The number of fused-ring (bicyclic) bond motifs is 1. The average molecular weight is 176 g/mol. The van der Waals surface area contributed by atoms with Gasteiger partial charge in [0.1, 0.15) is 0 Å². The van der Waals surface area contributed by atoms with Crippen molar-refractivity contribution >= 4 is 5.69 Å². The molecule has 13 heavy (non-hydrogen) atoms. The first-order valence-electron chi connectivity index (χ1n) is 4.84. The Morgan fingerprint density at radius 1 is 1.38 bits per heavy atom. The molecule has 0 aromatic heterocycles. The van der Waals surface area contributed by atoms with E-state index < -0.39 is 0 Å². The van der Waals surface area contributed by atoms with Crippen LogP contribution in [0.5, 0.6) is 0 Å². The molecular weight excluding hydrogens is 160 g/mol. The molecule has 0 bridgehead atoms. The quantitative estimate of drug-likeness (QED) is 0.685. The topological polar surface area (TPSA) is 24.1 Å². The summed E-state index contributed by atoms with van der Waals surface area (Å²) in [4.78, 5) is 0. The van der Waals surface area contributed by atoms with Crippen LogP contribution in [-0.4, -0.2) is 13.1 Å². The van der Waals surface area contributed by atoms with E-state index in [9.17, 15) is 0 Å². The first-order valence-corrected chi connectivity index (χ1v) is 4.84. The first-order chi connectivity index (χ1) is 6.31. The SMILES string of the molecule is CNC1CC(C)Nc2ccccc21. The summed E-state index contributed by atoms with van der Waals surface area (Å²) in [6, 6.07) is 9.59. The highest BCUT2D eigenvalue weighted by atomic mass is 15.0. The molecule has 0 aliphatic carbocycles. The zero-order chi connectivity index (χ0) is 9.26. The number of para-hydroxylation sites is 1. The largest absolute Gasteiger partial charge is 0.382 e. The maximum atomic E-state index is 3.48. The van der Waals surface area contributed by atoms with E-state index in [2.05, 4.69) is 41.8 Å². The van der Waals surface area contributed by atoms with E-state index in [0.29, 0.717) is 12.1 Å². The lowest BCUT2D eigenvalue weighted by molar-refractivity contribution is 0.498. The smallest absolute Gasteiger partial charge is 0.0390 e.